The van der Waals surface area contributed by atoms with Gasteiger partial charge < -0.3 is 19.9 Å². The van der Waals surface area contributed by atoms with Gasteiger partial charge in [0.2, 0.25) is 0 Å². The van der Waals surface area contributed by atoms with Crippen LogP contribution in [-0.2, 0) is 11.2 Å². The Kier molecular flexibility index (Phi) is 5.81. The predicted octanol–water partition coefficient (Wildman–Crippen LogP) is 1.59. The van der Waals surface area contributed by atoms with E-state index in [9.17, 15) is 4.79 Å². The molecule has 28 heavy (non-hydrogen) atoms. The number of hydrogen-bond donors (Lipinski definition) is 2. The van der Waals surface area contributed by atoms with E-state index < -0.39 is 0 Å². The third-order valence-electron chi connectivity index (χ3n) is 6.02. The second-order valence-corrected chi connectivity index (χ2v) is 7.82. The molecule has 0 aromatic heterocycles. The molecule has 0 saturated carbocycles. The fraction of sp³-hybridized carbons (Fsp3) is 0.435. The van der Waals surface area contributed by atoms with Gasteiger partial charge in [-0.3, -0.25) is 4.79 Å². The molecule has 5 heteroatoms. The fourth-order valence-electron chi connectivity index (χ4n) is 4.43. The van der Waals surface area contributed by atoms with E-state index in [0.29, 0.717) is 6.54 Å². The van der Waals surface area contributed by atoms with Crippen LogP contribution < -0.4 is 19.9 Å². The number of quaternary nitrogens is 1. The van der Waals surface area contributed by atoms with Crippen molar-refractivity contribution in [3.63, 3.8) is 0 Å². The number of methoxy groups -OCH3 is 1. The Balaban J connectivity index is 1.27. The van der Waals surface area contributed by atoms with Crippen LogP contribution >= 0.6 is 0 Å². The van der Waals surface area contributed by atoms with E-state index in [1.54, 1.807) is 7.11 Å². The number of amides is 1. The zero-order valence-corrected chi connectivity index (χ0v) is 16.6. The van der Waals surface area contributed by atoms with Crippen LogP contribution in [0.3, 0.4) is 0 Å². The van der Waals surface area contributed by atoms with Gasteiger partial charge in [-0.1, -0.05) is 24.3 Å². The number of nitrogens with zero attached hydrogens (tertiary/aromatic N) is 1. The van der Waals surface area contributed by atoms with Crippen LogP contribution in [0.4, 0.5) is 5.69 Å². The standard InChI is InChI=1S/C23H29N3O2/c1-28-20-11-9-19(10-12-20)26-15-13-25(14-16-26)17-23(27)24-22-8-4-6-18-5-2-3-7-21(18)22/h2-3,5,7,9-12,22H,4,6,8,13-17H2,1H3,(H,24,27)/p+1/t22-/m1/s1. The molecule has 0 radical (unpaired) electrons. The number of benzene rings is 2. The Morgan fingerprint density at radius 1 is 1.14 bits per heavy atom. The maximum absolute atomic E-state index is 12.7. The van der Waals surface area contributed by atoms with Gasteiger partial charge in [0.25, 0.3) is 5.91 Å². The van der Waals surface area contributed by atoms with Crippen molar-refractivity contribution in [3.8, 4) is 5.75 Å². The summed E-state index contributed by atoms with van der Waals surface area (Å²) < 4.78 is 5.23. The van der Waals surface area contributed by atoms with Crippen molar-refractivity contribution in [2.45, 2.75) is 25.3 Å². The smallest absolute Gasteiger partial charge is 0.275 e. The van der Waals surface area contributed by atoms with E-state index in [2.05, 4.69) is 46.6 Å². The first-order valence-corrected chi connectivity index (χ1v) is 10.3. The van der Waals surface area contributed by atoms with Gasteiger partial charge in [0.05, 0.1) is 39.3 Å². The molecule has 1 heterocycles. The molecule has 148 valence electrons. The number of anilines is 1. The summed E-state index contributed by atoms with van der Waals surface area (Å²) in [6, 6.07) is 16.9. The molecule has 0 unspecified atom stereocenters. The molecule has 2 aliphatic rings. The van der Waals surface area contributed by atoms with Gasteiger partial charge in [-0.05, 0) is 54.7 Å². The zero-order valence-electron chi connectivity index (χ0n) is 16.6. The average Bonchev–Trinajstić information content (AvgIpc) is 2.75. The Hall–Kier alpha value is -2.53. The summed E-state index contributed by atoms with van der Waals surface area (Å²) in [5.74, 6) is 1.06. The summed E-state index contributed by atoms with van der Waals surface area (Å²) in [5.41, 5.74) is 3.92. The van der Waals surface area contributed by atoms with Gasteiger partial charge in [0.15, 0.2) is 6.54 Å². The quantitative estimate of drug-likeness (QED) is 0.828. The van der Waals surface area contributed by atoms with Crippen LogP contribution in [0.2, 0.25) is 0 Å². The highest BCUT2D eigenvalue weighted by atomic mass is 16.5. The van der Waals surface area contributed by atoms with Crippen LogP contribution in [0.15, 0.2) is 48.5 Å². The Labute approximate surface area is 167 Å². The van der Waals surface area contributed by atoms with Crippen molar-refractivity contribution >= 4 is 11.6 Å². The number of nitrogens with one attached hydrogen (secondary N) is 2. The van der Waals surface area contributed by atoms with Crippen molar-refractivity contribution in [2.24, 2.45) is 0 Å². The molecule has 4 rings (SSSR count). The van der Waals surface area contributed by atoms with Gasteiger partial charge in [-0.25, -0.2) is 0 Å². The fourth-order valence-corrected chi connectivity index (χ4v) is 4.43. The Morgan fingerprint density at radius 2 is 1.89 bits per heavy atom. The second kappa shape index (κ2) is 8.65. The molecule has 1 aliphatic carbocycles. The summed E-state index contributed by atoms with van der Waals surface area (Å²) in [6.07, 6.45) is 3.32. The lowest BCUT2D eigenvalue weighted by Gasteiger charge is -2.34. The predicted molar refractivity (Wildman–Crippen MR) is 111 cm³/mol. The van der Waals surface area contributed by atoms with E-state index in [1.807, 2.05) is 12.1 Å². The summed E-state index contributed by atoms with van der Waals surface area (Å²) in [4.78, 5) is 16.4. The third-order valence-corrected chi connectivity index (χ3v) is 6.02. The molecule has 2 N–H and O–H groups in total. The van der Waals surface area contributed by atoms with Crippen LogP contribution in [0.25, 0.3) is 0 Å². The molecule has 0 bridgehead atoms. The maximum atomic E-state index is 12.7. The lowest BCUT2D eigenvalue weighted by molar-refractivity contribution is -0.892. The van der Waals surface area contributed by atoms with Gasteiger partial charge in [-0.2, -0.15) is 0 Å². The lowest BCUT2D eigenvalue weighted by Crippen LogP contribution is -3.16. The molecular formula is C23H30N3O2+. The average molecular weight is 381 g/mol. The number of carbonyl (C=O) groups is 1. The molecule has 1 saturated heterocycles. The molecular weight excluding hydrogens is 350 g/mol. The van der Waals surface area contributed by atoms with Crippen molar-refractivity contribution < 1.29 is 14.4 Å². The van der Waals surface area contributed by atoms with Crippen molar-refractivity contribution in [1.29, 1.82) is 0 Å². The van der Waals surface area contributed by atoms with E-state index in [1.165, 1.54) is 21.7 Å². The van der Waals surface area contributed by atoms with E-state index in [0.717, 1.165) is 51.2 Å². The van der Waals surface area contributed by atoms with Crippen LogP contribution in [0.5, 0.6) is 5.75 Å². The molecule has 1 aliphatic heterocycles. The first kappa shape index (κ1) is 18.8. The highest BCUT2D eigenvalue weighted by Gasteiger charge is 2.25. The molecule has 0 spiro atoms. The highest BCUT2D eigenvalue weighted by molar-refractivity contribution is 5.77. The number of carbonyl (C=O) groups excluding carboxylic acids is 1. The first-order chi connectivity index (χ1) is 13.7. The number of fused-ring (bicyclic) bond motifs is 1. The summed E-state index contributed by atoms with van der Waals surface area (Å²) >= 11 is 0. The SMILES string of the molecule is COc1ccc(N2CC[NH+](CC(=O)N[C@@H]3CCCc4ccccc43)CC2)cc1. The third kappa shape index (κ3) is 4.30. The van der Waals surface area contributed by atoms with Gasteiger partial charge in [0.1, 0.15) is 5.75 Å². The monoisotopic (exact) mass is 380 g/mol. The number of aryl methyl sites for hydroxylation is 1. The van der Waals surface area contributed by atoms with Gasteiger partial charge in [-0.15, -0.1) is 0 Å². The van der Waals surface area contributed by atoms with E-state index >= 15 is 0 Å². The normalized spacial score (nSPS) is 19.8. The van der Waals surface area contributed by atoms with Crippen LogP contribution in [0, 0.1) is 0 Å². The van der Waals surface area contributed by atoms with Crippen LogP contribution in [-0.4, -0.2) is 45.7 Å². The Morgan fingerprint density at radius 3 is 2.64 bits per heavy atom. The largest absolute Gasteiger partial charge is 0.497 e. The van der Waals surface area contributed by atoms with Gasteiger partial charge >= 0.3 is 0 Å². The van der Waals surface area contributed by atoms with E-state index in [-0.39, 0.29) is 11.9 Å². The highest BCUT2D eigenvalue weighted by Crippen LogP contribution is 2.29. The topological polar surface area (TPSA) is 46.0 Å². The number of rotatable bonds is 5. The Bertz CT molecular complexity index is 798. The molecule has 5 nitrogen and oxygen atoms in total. The first-order valence-electron chi connectivity index (χ1n) is 10.3. The number of hydrogen-bond acceptors (Lipinski definition) is 3. The van der Waals surface area contributed by atoms with Crippen LogP contribution in [0.1, 0.15) is 30.0 Å². The second-order valence-electron chi connectivity index (χ2n) is 7.82. The minimum atomic E-state index is 0.176. The summed E-state index contributed by atoms with van der Waals surface area (Å²) in [7, 11) is 1.69. The van der Waals surface area contributed by atoms with Gasteiger partial charge in [0, 0.05) is 5.69 Å². The van der Waals surface area contributed by atoms with E-state index in [4.69, 9.17) is 4.74 Å². The molecule has 1 atom stereocenters. The summed E-state index contributed by atoms with van der Waals surface area (Å²) in [6.45, 7) is 4.49. The lowest BCUT2D eigenvalue weighted by atomic mass is 9.88. The minimum absolute atomic E-state index is 0.176. The summed E-state index contributed by atoms with van der Waals surface area (Å²) in [5, 5.41) is 3.29. The van der Waals surface area contributed by atoms with Crippen molar-refractivity contribution in [1.82, 2.24) is 5.32 Å². The van der Waals surface area contributed by atoms with Crippen molar-refractivity contribution in [2.75, 3.05) is 44.7 Å². The molecule has 1 amide bonds. The molecule has 1 fully saturated rings. The molecule has 2 aromatic rings. The number of piperazine rings is 1. The molecule has 2 aromatic carbocycles. The van der Waals surface area contributed by atoms with Crippen molar-refractivity contribution in [3.05, 3.63) is 59.7 Å². The maximum Gasteiger partial charge on any atom is 0.275 e. The zero-order chi connectivity index (χ0) is 19.3. The number of ether oxygens (including phenoxy) is 1. The minimum Gasteiger partial charge on any atom is -0.497 e.